The molecule has 0 radical (unpaired) electrons. The lowest BCUT2D eigenvalue weighted by Gasteiger charge is -2.26. The number of hydrogen-bond acceptors (Lipinski definition) is 5. The van der Waals surface area contributed by atoms with E-state index in [-0.39, 0.29) is 31.5 Å². The molecule has 112 valence electrons. The summed E-state index contributed by atoms with van der Waals surface area (Å²) < 4.78 is 15.7. The molecule has 1 atom stereocenters. The molecule has 2 heterocycles. The van der Waals surface area contributed by atoms with Gasteiger partial charge in [-0.15, -0.1) is 0 Å². The Morgan fingerprint density at radius 3 is 2.90 bits per heavy atom. The Balaban J connectivity index is 1.92. The van der Waals surface area contributed by atoms with E-state index in [2.05, 4.69) is 5.32 Å². The fourth-order valence-corrected chi connectivity index (χ4v) is 2.85. The third-order valence-corrected chi connectivity index (χ3v) is 3.90. The van der Waals surface area contributed by atoms with Gasteiger partial charge in [-0.05, 0) is 24.6 Å². The molecule has 3 rings (SSSR count). The van der Waals surface area contributed by atoms with Gasteiger partial charge in [0.2, 0.25) is 12.7 Å². The minimum atomic E-state index is -0.579. The number of hydrogen-bond donors (Lipinski definition) is 1. The molecule has 1 amide bonds. The topological polar surface area (TPSA) is 73.9 Å². The number of benzene rings is 1. The van der Waals surface area contributed by atoms with Gasteiger partial charge < -0.3 is 19.5 Å². The zero-order chi connectivity index (χ0) is 14.9. The van der Waals surface area contributed by atoms with Crippen LogP contribution in [0.3, 0.4) is 0 Å². The number of nitrogens with one attached hydrogen (secondary N) is 1. The summed E-state index contributed by atoms with van der Waals surface area (Å²) in [6.07, 6.45) is 0.435. The summed E-state index contributed by atoms with van der Waals surface area (Å²) in [5, 5.41) is 2.81. The van der Waals surface area contributed by atoms with Crippen LogP contribution < -0.4 is 14.8 Å². The van der Waals surface area contributed by atoms with Gasteiger partial charge in [-0.2, -0.15) is 0 Å². The van der Waals surface area contributed by atoms with Crippen molar-refractivity contribution >= 4 is 11.9 Å². The van der Waals surface area contributed by atoms with Crippen molar-refractivity contribution in [3.8, 4) is 11.5 Å². The average molecular weight is 291 g/mol. The van der Waals surface area contributed by atoms with Crippen molar-refractivity contribution < 1.29 is 23.8 Å². The second-order valence-corrected chi connectivity index (χ2v) is 5.28. The molecular weight excluding hydrogens is 274 g/mol. The molecule has 6 heteroatoms. The lowest BCUT2D eigenvalue weighted by molar-refractivity contribution is -0.144. The first-order chi connectivity index (χ1) is 10.1. The highest BCUT2D eigenvalue weighted by Crippen LogP contribution is 2.41. The summed E-state index contributed by atoms with van der Waals surface area (Å²) in [7, 11) is 0. The summed E-state index contributed by atoms with van der Waals surface area (Å²) >= 11 is 0. The van der Waals surface area contributed by atoms with Crippen molar-refractivity contribution in [3.05, 3.63) is 23.8 Å². The van der Waals surface area contributed by atoms with Gasteiger partial charge in [0.1, 0.15) is 0 Å². The number of ether oxygens (including phenoxy) is 3. The highest BCUT2D eigenvalue weighted by molar-refractivity contribution is 5.83. The molecule has 1 fully saturated rings. The molecule has 2 aliphatic heterocycles. The quantitative estimate of drug-likeness (QED) is 0.842. The van der Waals surface area contributed by atoms with Crippen molar-refractivity contribution in [2.45, 2.75) is 25.2 Å². The maximum absolute atomic E-state index is 11.9. The number of carbonyl (C=O) groups is 2. The van der Waals surface area contributed by atoms with E-state index < -0.39 is 5.41 Å². The number of rotatable bonds is 4. The van der Waals surface area contributed by atoms with Gasteiger partial charge in [-0.25, -0.2) is 0 Å². The standard InChI is InChI=1S/C15H17NO5/c1-2-19-14(18)7-15(6-13(17)16-8-15)10-3-4-11-12(5-10)21-9-20-11/h3-5H,2,6-9H2,1H3,(H,16,17). The van der Waals surface area contributed by atoms with Crippen LogP contribution in [0.25, 0.3) is 0 Å². The lowest BCUT2D eigenvalue weighted by atomic mass is 9.76. The van der Waals surface area contributed by atoms with E-state index in [0.717, 1.165) is 5.56 Å². The molecule has 0 saturated carbocycles. The number of fused-ring (bicyclic) bond motifs is 1. The van der Waals surface area contributed by atoms with Gasteiger partial charge in [-0.3, -0.25) is 9.59 Å². The smallest absolute Gasteiger partial charge is 0.306 e. The molecule has 1 unspecified atom stereocenters. The molecule has 1 aromatic rings. The zero-order valence-electron chi connectivity index (χ0n) is 11.8. The van der Waals surface area contributed by atoms with Crippen LogP contribution in [0, 0.1) is 0 Å². The summed E-state index contributed by atoms with van der Waals surface area (Å²) in [6, 6.07) is 5.54. The number of esters is 1. The lowest BCUT2D eigenvalue weighted by Crippen LogP contribution is -2.32. The highest BCUT2D eigenvalue weighted by Gasteiger charge is 2.42. The first-order valence-electron chi connectivity index (χ1n) is 6.95. The summed E-state index contributed by atoms with van der Waals surface area (Å²) in [6.45, 7) is 2.71. The van der Waals surface area contributed by atoms with E-state index in [1.165, 1.54) is 0 Å². The second kappa shape index (κ2) is 5.27. The molecule has 2 aliphatic rings. The zero-order valence-corrected chi connectivity index (χ0v) is 11.8. The maximum atomic E-state index is 11.9. The molecule has 0 aliphatic carbocycles. The Labute approximate surface area is 122 Å². The second-order valence-electron chi connectivity index (χ2n) is 5.28. The van der Waals surface area contributed by atoms with Gasteiger partial charge >= 0.3 is 5.97 Å². The molecule has 0 aromatic heterocycles. The van der Waals surface area contributed by atoms with Crippen molar-refractivity contribution in [1.29, 1.82) is 0 Å². The Kier molecular flexibility index (Phi) is 3.45. The van der Waals surface area contributed by atoms with E-state index >= 15 is 0 Å². The normalized spacial score (nSPS) is 23.0. The summed E-state index contributed by atoms with van der Waals surface area (Å²) in [4.78, 5) is 23.6. The summed E-state index contributed by atoms with van der Waals surface area (Å²) in [5.74, 6) is 0.973. The molecule has 1 saturated heterocycles. The van der Waals surface area contributed by atoms with Crippen LogP contribution in [0.5, 0.6) is 11.5 Å². The molecule has 21 heavy (non-hydrogen) atoms. The van der Waals surface area contributed by atoms with Crippen LogP contribution in [0.2, 0.25) is 0 Å². The van der Waals surface area contributed by atoms with Crippen molar-refractivity contribution in [2.24, 2.45) is 0 Å². The minimum Gasteiger partial charge on any atom is -0.466 e. The Hall–Kier alpha value is -2.24. The molecule has 1 N–H and O–H groups in total. The van der Waals surface area contributed by atoms with Gasteiger partial charge in [-0.1, -0.05) is 6.07 Å². The van der Waals surface area contributed by atoms with Crippen LogP contribution in [-0.4, -0.2) is 31.8 Å². The SMILES string of the molecule is CCOC(=O)CC1(c2ccc3c(c2)OCO3)CNC(=O)C1. The van der Waals surface area contributed by atoms with Crippen LogP contribution in [0.1, 0.15) is 25.3 Å². The van der Waals surface area contributed by atoms with E-state index in [1.54, 1.807) is 6.92 Å². The third-order valence-electron chi connectivity index (χ3n) is 3.90. The molecule has 1 aromatic carbocycles. The number of carbonyl (C=O) groups excluding carboxylic acids is 2. The van der Waals surface area contributed by atoms with Gasteiger partial charge in [0.05, 0.1) is 13.0 Å². The largest absolute Gasteiger partial charge is 0.466 e. The highest BCUT2D eigenvalue weighted by atomic mass is 16.7. The molecule has 6 nitrogen and oxygen atoms in total. The fourth-order valence-electron chi connectivity index (χ4n) is 2.85. The molecular formula is C15H17NO5. The average Bonchev–Trinajstić information content (AvgIpc) is 3.05. The van der Waals surface area contributed by atoms with Crippen molar-refractivity contribution in [3.63, 3.8) is 0 Å². The molecule has 0 bridgehead atoms. The van der Waals surface area contributed by atoms with Gasteiger partial charge in [0.25, 0.3) is 0 Å². The van der Waals surface area contributed by atoms with Crippen LogP contribution in [-0.2, 0) is 19.7 Å². The molecule has 0 spiro atoms. The fraction of sp³-hybridized carbons (Fsp3) is 0.467. The number of amides is 1. The van der Waals surface area contributed by atoms with Crippen molar-refractivity contribution in [2.75, 3.05) is 19.9 Å². The Morgan fingerprint density at radius 2 is 2.19 bits per heavy atom. The van der Waals surface area contributed by atoms with E-state index in [4.69, 9.17) is 14.2 Å². The van der Waals surface area contributed by atoms with Gasteiger partial charge in [0.15, 0.2) is 11.5 Å². The first kappa shape index (κ1) is 13.7. The van der Waals surface area contributed by atoms with E-state index in [1.807, 2.05) is 18.2 Å². The van der Waals surface area contributed by atoms with Crippen LogP contribution >= 0.6 is 0 Å². The Morgan fingerprint density at radius 1 is 1.38 bits per heavy atom. The maximum Gasteiger partial charge on any atom is 0.306 e. The Bertz CT molecular complexity index is 585. The van der Waals surface area contributed by atoms with Crippen molar-refractivity contribution in [1.82, 2.24) is 5.32 Å². The van der Waals surface area contributed by atoms with Gasteiger partial charge in [0, 0.05) is 18.4 Å². The van der Waals surface area contributed by atoms with E-state index in [0.29, 0.717) is 24.7 Å². The van der Waals surface area contributed by atoms with E-state index in [9.17, 15) is 9.59 Å². The predicted molar refractivity (Wildman–Crippen MR) is 73.1 cm³/mol. The predicted octanol–water partition coefficient (Wildman–Crippen LogP) is 1.13. The third kappa shape index (κ3) is 2.53. The van der Waals surface area contributed by atoms with Crippen LogP contribution in [0.4, 0.5) is 0 Å². The van der Waals surface area contributed by atoms with Crippen LogP contribution in [0.15, 0.2) is 18.2 Å². The summed E-state index contributed by atoms with van der Waals surface area (Å²) in [5.41, 5.74) is 0.308. The minimum absolute atomic E-state index is 0.0584. The first-order valence-corrected chi connectivity index (χ1v) is 6.95. The monoisotopic (exact) mass is 291 g/mol.